The number of aromatic nitrogens is 2. The number of hydrogen-bond acceptors (Lipinski definition) is 2. The third kappa shape index (κ3) is 2.03. The van der Waals surface area contributed by atoms with Gasteiger partial charge in [-0.25, -0.2) is 4.79 Å². The average molecular weight is 210 g/mol. The zero-order chi connectivity index (χ0) is 11.6. The fraction of sp³-hybridized carbons (Fsp3) is 0.636. The van der Waals surface area contributed by atoms with Gasteiger partial charge in [-0.2, -0.15) is 5.10 Å². The number of rotatable bonds is 4. The van der Waals surface area contributed by atoms with Gasteiger partial charge in [-0.05, 0) is 26.7 Å². The first-order valence-corrected chi connectivity index (χ1v) is 5.31. The van der Waals surface area contributed by atoms with Crippen LogP contribution in [0.25, 0.3) is 0 Å². The van der Waals surface area contributed by atoms with Gasteiger partial charge in [0.05, 0.1) is 17.4 Å². The van der Waals surface area contributed by atoms with Crippen LogP contribution in [-0.4, -0.2) is 20.9 Å². The van der Waals surface area contributed by atoms with E-state index in [2.05, 4.69) is 18.9 Å². The molecule has 0 bridgehead atoms. The molecule has 15 heavy (non-hydrogen) atoms. The summed E-state index contributed by atoms with van der Waals surface area (Å²) < 4.78 is 1.85. The summed E-state index contributed by atoms with van der Waals surface area (Å²) >= 11 is 0. The van der Waals surface area contributed by atoms with Crippen molar-refractivity contribution in [3.05, 3.63) is 17.0 Å². The van der Waals surface area contributed by atoms with Gasteiger partial charge < -0.3 is 5.11 Å². The summed E-state index contributed by atoms with van der Waals surface area (Å²) in [5.74, 6) is -0.887. The molecule has 0 aliphatic carbocycles. The lowest BCUT2D eigenvalue weighted by atomic mass is 10.1. The molecule has 1 aromatic rings. The van der Waals surface area contributed by atoms with E-state index < -0.39 is 5.97 Å². The number of aromatic carboxylic acids is 1. The van der Waals surface area contributed by atoms with E-state index in [1.54, 1.807) is 6.92 Å². The molecule has 1 aromatic heterocycles. The predicted molar refractivity (Wildman–Crippen MR) is 58.3 cm³/mol. The molecular formula is C11H18N2O2. The van der Waals surface area contributed by atoms with Crippen LogP contribution in [0.5, 0.6) is 0 Å². The molecule has 1 heterocycles. The molecule has 1 rings (SSSR count). The molecule has 0 saturated carbocycles. The molecule has 0 fully saturated rings. The van der Waals surface area contributed by atoms with Crippen molar-refractivity contribution in [2.24, 2.45) is 0 Å². The van der Waals surface area contributed by atoms with Crippen LogP contribution in [0, 0.1) is 13.8 Å². The smallest absolute Gasteiger partial charge is 0.339 e. The van der Waals surface area contributed by atoms with Crippen molar-refractivity contribution < 1.29 is 9.90 Å². The monoisotopic (exact) mass is 210 g/mol. The van der Waals surface area contributed by atoms with Crippen molar-refractivity contribution in [3.8, 4) is 0 Å². The summed E-state index contributed by atoms with van der Waals surface area (Å²) in [6, 6.07) is 0.303. The van der Waals surface area contributed by atoms with Crippen LogP contribution in [-0.2, 0) is 0 Å². The van der Waals surface area contributed by atoms with Crippen LogP contribution in [0.2, 0.25) is 0 Å². The Labute approximate surface area is 89.9 Å². The summed E-state index contributed by atoms with van der Waals surface area (Å²) in [7, 11) is 0. The number of carbonyl (C=O) groups is 1. The second-order valence-corrected chi connectivity index (χ2v) is 3.77. The highest BCUT2D eigenvalue weighted by Gasteiger charge is 2.20. The molecule has 0 aliphatic rings. The topological polar surface area (TPSA) is 55.1 Å². The maximum atomic E-state index is 11.0. The molecule has 4 heteroatoms. The van der Waals surface area contributed by atoms with E-state index in [0.717, 1.165) is 18.5 Å². The minimum atomic E-state index is -0.887. The third-order valence-corrected chi connectivity index (χ3v) is 2.83. The van der Waals surface area contributed by atoms with E-state index in [9.17, 15) is 4.79 Å². The quantitative estimate of drug-likeness (QED) is 0.830. The first-order chi connectivity index (χ1) is 7.02. The minimum Gasteiger partial charge on any atom is -0.478 e. The van der Waals surface area contributed by atoms with Gasteiger partial charge in [0.1, 0.15) is 5.56 Å². The van der Waals surface area contributed by atoms with Gasteiger partial charge in [-0.3, -0.25) is 4.68 Å². The van der Waals surface area contributed by atoms with Gasteiger partial charge in [-0.15, -0.1) is 0 Å². The molecular weight excluding hydrogens is 192 g/mol. The van der Waals surface area contributed by atoms with Crippen molar-refractivity contribution in [2.75, 3.05) is 0 Å². The van der Waals surface area contributed by atoms with E-state index in [-0.39, 0.29) is 0 Å². The first-order valence-electron chi connectivity index (χ1n) is 5.31. The zero-order valence-electron chi connectivity index (χ0n) is 9.74. The highest BCUT2D eigenvalue weighted by molar-refractivity contribution is 5.90. The Kier molecular flexibility index (Phi) is 3.50. The Morgan fingerprint density at radius 3 is 2.27 bits per heavy atom. The second-order valence-electron chi connectivity index (χ2n) is 3.77. The fourth-order valence-corrected chi connectivity index (χ4v) is 1.96. The fourth-order valence-electron chi connectivity index (χ4n) is 1.96. The molecule has 0 unspecified atom stereocenters. The Hall–Kier alpha value is -1.32. The van der Waals surface area contributed by atoms with Crippen molar-refractivity contribution in [3.63, 3.8) is 0 Å². The Balaban J connectivity index is 3.22. The number of hydrogen-bond donors (Lipinski definition) is 1. The van der Waals surface area contributed by atoms with Crippen molar-refractivity contribution in [1.82, 2.24) is 9.78 Å². The van der Waals surface area contributed by atoms with Crippen LogP contribution in [0.1, 0.15) is 54.5 Å². The zero-order valence-corrected chi connectivity index (χ0v) is 9.74. The summed E-state index contributed by atoms with van der Waals surface area (Å²) in [4.78, 5) is 11.0. The second kappa shape index (κ2) is 4.47. The number of carboxylic acids is 1. The highest BCUT2D eigenvalue weighted by atomic mass is 16.4. The summed E-state index contributed by atoms with van der Waals surface area (Å²) in [6.45, 7) is 7.74. The maximum absolute atomic E-state index is 11.0. The van der Waals surface area contributed by atoms with Crippen LogP contribution < -0.4 is 0 Å². The highest BCUT2D eigenvalue weighted by Crippen LogP contribution is 2.21. The van der Waals surface area contributed by atoms with E-state index in [4.69, 9.17) is 5.11 Å². The van der Waals surface area contributed by atoms with E-state index in [1.165, 1.54) is 0 Å². The van der Waals surface area contributed by atoms with Gasteiger partial charge in [0.2, 0.25) is 0 Å². The van der Waals surface area contributed by atoms with E-state index in [0.29, 0.717) is 17.3 Å². The van der Waals surface area contributed by atoms with E-state index in [1.807, 2.05) is 11.6 Å². The van der Waals surface area contributed by atoms with Crippen LogP contribution >= 0.6 is 0 Å². The van der Waals surface area contributed by atoms with Gasteiger partial charge in [0.15, 0.2) is 0 Å². The molecule has 84 valence electrons. The summed E-state index contributed by atoms with van der Waals surface area (Å²) in [5.41, 5.74) is 1.71. The van der Waals surface area contributed by atoms with Crippen LogP contribution in [0.15, 0.2) is 0 Å². The molecule has 0 aromatic carbocycles. The normalized spacial score (nSPS) is 11.0. The predicted octanol–water partition coefficient (Wildman–Crippen LogP) is 2.56. The van der Waals surface area contributed by atoms with Gasteiger partial charge >= 0.3 is 5.97 Å². The summed E-state index contributed by atoms with van der Waals surface area (Å²) in [5, 5.41) is 13.3. The molecule has 0 amide bonds. The average Bonchev–Trinajstić information content (AvgIpc) is 2.44. The van der Waals surface area contributed by atoms with Gasteiger partial charge in [0.25, 0.3) is 0 Å². The van der Waals surface area contributed by atoms with Crippen molar-refractivity contribution in [1.29, 1.82) is 0 Å². The molecule has 0 atom stereocenters. The van der Waals surface area contributed by atoms with Crippen molar-refractivity contribution in [2.45, 2.75) is 46.6 Å². The van der Waals surface area contributed by atoms with Crippen molar-refractivity contribution >= 4 is 5.97 Å². The number of carboxylic acid groups (broad SMARTS) is 1. The van der Waals surface area contributed by atoms with Crippen LogP contribution in [0.3, 0.4) is 0 Å². The molecule has 0 aliphatic heterocycles. The van der Waals surface area contributed by atoms with Gasteiger partial charge in [-0.1, -0.05) is 13.8 Å². The maximum Gasteiger partial charge on any atom is 0.339 e. The molecule has 1 N–H and O–H groups in total. The number of aryl methyl sites for hydroxylation is 1. The lowest BCUT2D eigenvalue weighted by molar-refractivity contribution is 0.0695. The molecule has 0 spiro atoms. The number of nitrogens with zero attached hydrogens (tertiary/aromatic N) is 2. The first kappa shape index (κ1) is 11.8. The minimum absolute atomic E-state index is 0.303. The third-order valence-electron chi connectivity index (χ3n) is 2.83. The SMILES string of the molecule is CCC(CC)n1nc(C)c(C(=O)O)c1C. The molecule has 0 saturated heterocycles. The lowest BCUT2D eigenvalue weighted by Gasteiger charge is -2.15. The van der Waals surface area contributed by atoms with E-state index >= 15 is 0 Å². The molecule has 4 nitrogen and oxygen atoms in total. The molecule has 0 radical (unpaired) electrons. The lowest BCUT2D eigenvalue weighted by Crippen LogP contribution is -2.11. The largest absolute Gasteiger partial charge is 0.478 e. The Bertz CT molecular complexity index is 365. The van der Waals surface area contributed by atoms with Gasteiger partial charge in [0, 0.05) is 0 Å². The summed E-state index contributed by atoms with van der Waals surface area (Å²) in [6.07, 6.45) is 1.94. The van der Waals surface area contributed by atoms with Crippen LogP contribution in [0.4, 0.5) is 0 Å². The standard InChI is InChI=1S/C11H18N2O2/c1-5-9(6-2)13-8(4)10(11(14)15)7(3)12-13/h9H,5-6H2,1-4H3,(H,14,15). The Morgan fingerprint density at radius 2 is 1.93 bits per heavy atom. The Morgan fingerprint density at radius 1 is 1.40 bits per heavy atom.